The summed E-state index contributed by atoms with van der Waals surface area (Å²) in [7, 11) is 1.23. The molecule has 0 spiro atoms. The van der Waals surface area contributed by atoms with Gasteiger partial charge in [-0.25, -0.2) is 17.7 Å². The van der Waals surface area contributed by atoms with Gasteiger partial charge in [0.25, 0.3) is 0 Å². The van der Waals surface area contributed by atoms with Gasteiger partial charge >= 0.3 is 5.97 Å². The molecular weight excluding hydrogens is 341 g/mol. The molecule has 0 radical (unpaired) electrons. The van der Waals surface area contributed by atoms with Crippen molar-refractivity contribution < 1.29 is 18.1 Å². The quantitative estimate of drug-likeness (QED) is 0.639. The van der Waals surface area contributed by atoms with E-state index in [0.717, 1.165) is 11.6 Å². The molecule has 0 aliphatic carbocycles. The number of benzene rings is 2. The number of rotatable bonds is 6. The standard InChI is InChI=1S/C16H15ClFNO3S/c1-22-16(20)11-6-7-13(15(18)8-11)10-19(23-21)9-12-4-2-3-5-14(12)17/h2-8,23H,9-10H2,1H3. The number of halogens is 2. The summed E-state index contributed by atoms with van der Waals surface area (Å²) >= 11 is 5.83. The molecule has 2 aromatic carbocycles. The lowest BCUT2D eigenvalue weighted by molar-refractivity contribution is 0.0600. The zero-order chi connectivity index (χ0) is 16.8. The Bertz CT molecular complexity index is 726. The first-order valence-corrected chi connectivity index (χ1v) is 7.88. The molecule has 0 amide bonds. The molecule has 2 rings (SSSR count). The van der Waals surface area contributed by atoms with Crippen molar-refractivity contribution in [1.82, 2.24) is 4.31 Å². The molecule has 0 aliphatic heterocycles. The van der Waals surface area contributed by atoms with E-state index in [2.05, 4.69) is 4.74 Å². The first kappa shape index (κ1) is 17.6. The first-order chi connectivity index (χ1) is 11.0. The van der Waals surface area contributed by atoms with E-state index in [1.807, 2.05) is 12.1 Å². The van der Waals surface area contributed by atoms with Crippen molar-refractivity contribution in [2.24, 2.45) is 0 Å². The highest BCUT2D eigenvalue weighted by Gasteiger charge is 2.13. The maximum absolute atomic E-state index is 14.1. The smallest absolute Gasteiger partial charge is 0.337 e. The Hall–Kier alpha value is -1.76. The zero-order valence-electron chi connectivity index (χ0n) is 12.3. The number of carbonyl (C=O) groups excluding carboxylic acids is 1. The average Bonchev–Trinajstić information content (AvgIpc) is 2.56. The molecule has 2 aromatic rings. The van der Waals surface area contributed by atoms with E-state index in [1.165, 1.54) is 23.5 Å². The van der Waals surface area contributed by atoms with Crippen molar-refractivity contribution in [3.05, 3.63) is 70.0 Å². The van der Waals surface area contributed by atoms with Crippen molar-refractivity contribution in [2.45, 2.75) is 13.1 Å². The molecule has 7 heteroatoms. The SMILES string of the molecule is COC(=O)c1ccc(CN(Cc2ccccc2Cl)[SH]=O)c(F)c1. The van der Waals surface area contributed by atoms with Crippen LogP contribution in [-0.4, -0.2) is 21.6 Å². The molecular formula is C16H15ClFNO3S. The van der Waals surface area contributed by atoms with E-state index in [4.69, 9.17) is 11.6 Å². The molecule has 0 fully saturated rings. The number of esters is 1. The highest BCUT2D eigenvalue weighted by atomic mass is 35.5. The van der Waals surface area contributed by atoms with Crippen molar-refractivity contribution in [3.63, 3.8) is 0 Å². The lowest BCUT2D eigenvalue weighted by Gasteiger charge is -2.16. The molecule has 0 unspecified atom stereocenters. The number of hydrogen-bond acceptors (Lipinski definition) is 3. The number of methoxy groups -OCH3 is 1. The summed E-state index contributed by atoms with van der Waals surface area (Å²) < 4.78 is 31.5. The maximum Gasteiger partial charge on any atom is 0.337 e. The minimum atomic E-state index is -0.606. The monoisotopic (exact) mass is 355 g/mol. The van der Waals surface area contributed by atoms with Crippen LogP contribution in [-0.2, 0) is 29.7 Å². The second kappa shape index (κ2) is 8.19. The Balaban J connectivity index is 2.14. The van der Waals surface area contributed by atoms with Crippen molar-refractivity contribution in [2.75, 3.05) is 7.11 Å². The number of carbonyl (C=O) groups is 1. The Morgan fingerprint density at radius 1 is 1.22 bits per heavy atom. The predicted molar refractivity (Wildman–Crippen MR) is 88.0 cm³/mol. The van der Waals surface area contributed by atoms with E-state index in [9.17, 15) is 13.4 Å². The summed E-state index contributed by atoms with van der Waals surface area (Å²) in [5, 5.41) is 0.558. The van der Waals surface area contributed by atoms with E-state index < -0.39 is 11.8 Å². The number of nitrogens with zero attached hydrogens (tertiary/aromatic N) is 1. The molecule has 0 saturated carbocycles. The minimum absolute atomic E-state index is 0.115. The number of hydrogen-bond donors (Lipinski definition) is 1. The minimum Gasteiger partial charge on any atom is -0.465 e. The Kier molecular flexibility index (Phi) is 6.27. The third-order valence-corrected chi connectivity index (χ3v) is 4.14. The van der Waals surface area contributed by atoms with Gasteiger partial charge in [-0.2, -0.15) is 0 Å². The molecule has 0 saturated heterocycles. The van der Waals surface area contributed by atoms with Crippen LogP contribution in [0.25, 0.3) is 0 Å². The second-order valence-corrected chi connectivity index (χ2v) is 5.93. The van der Waals surface area contributed by atoms with Crippen molar-refractivity contribution >= 4 is 29.4 Å². The predicted octanol–water partition coefficient (Wildman–Crippen LogP) is 3.13. The van der Waals surface area contributed by atoms with Crippen LogP contribution in [0.2, 0.25) is 5.02 Å². The second-order valence-electron chi connectivity index (χ2n) is 4.79. The highest BCUT2D eigenvalue weighted by molar-refractivity contribution is 7.62. The third kappa shape index (κ3) is 4.60. The summed E-state index contributed by atoms with van der Waals surface area (Å²) in [5.74, 6) is -1.16. The topological polar surface area (TPSA) is 46.6 Å². The van der Waals surface area contributed by atoms with Gasteiger partial charge in [-0.15, -0.1) is 0 Å². The molecule has 0 heterocycles. The summed E-state index contributed by atoms with van der Waals surface area (Å²) in [6.07, 6.45) is 0. The van der Waals surface area contributed by atoms with Crippen molar-refractivity contribution in [3.8, 4) is 0 Å². The van der Waals surface area contributed by atoms with Crippen LogP contribution in [0.1, 0.15) is 21.5 Å². The van der Waals surface area contributed by atoms with E-state index in [-0.39, 0.29) is 24.0 Å². The van der Waals surface area contributed by atoms with Gasteiger partial charge in [0.05, 0.1) is 24.5 Å². The van der Waals surface area contributed by atoms with Gasteiger partial charge < -0.3 is 4.74 Å². The first-order valence-electron chi connectivity index (χ1n) is 6.73. The molecule has 4 nitrogen and oxygen atoms in total. The lowest BCUT2D eigenvalue weighted by atomic mass is 10.1. The van der Waals surface area contributed by atoms with E-state index >= 15 is 0 Å². The highest BCUT2D eigenvalue weighted by Crippen LogP contribution is 2.19. The Morgan fingerprint density at radius 2 is 1.91 bits per heavy atom. The van der Waals surface area contributed by atoms with Gasteiger partial charge in [-0.1, -0.05) is 35.9 Å². The van der Waals surface area contributed by atoms with Crippen LogP contribution in [0.5, 0.6) is 0 Å². The largest absolute Gasteiger partial charge is 0.465 e. The van der Waals surface area contributed by atoms with Crippen LogP contribution in [0.4, 0.5) is 4.39 Å². The number of thiol groups is 1. The van der Waals surface area contributed by atoms with Crippen LogP contribution >= 0.6 is 11.6 Å². The van der Waals surface area contributed by atoms with Crippen LogP contribution in [0.15, 0.2) is 42.5 Å². The van der Waals surface area contributed by atoms with E-state index in [1.54, 1.807) is 12.1 Å². The molecule has 23 heavy (non-hydrogen) atoms. The Morgan fingerprint density at radius 3 is 2.52 bits per heavy atom. The molecule has 0 N–H and O–H groups in total. The van der Waals surface area contributed by atoms with Crippen LogP contribution in [0, 0.1) is 5.82 Å². The summed E-state index contributed by atoms with van der Waals surface area (Å²) in [4.78, 5) is 11.4. The molecule has 0 atom stereocenters. The zero-order valence-corrected chi connectivity index (χ0v) is 14.0. The normalized spacial score (nSPS) is 10.8. The van der Waals surface area contributed by atoms with Gasteiger partial charge in [-0.05, 0) is 23.8 Å². The number of ether oxygens (including phenoxy) is 1. The van der Waals surface area contributed by atoms with Gasteiger partial charge in [0.2, 0.25) is 0 Å². The molecule has 122 valence electrons. The summed E-state index contributed by atoms with van der Waals surface area (Å²) in [6.45, 7) is 0.423. The third-order valence-electron chi connectivity index (χ3n) is 3.25. The van der Waals surface area contributed by atoms with Crippen LogP contribution < -0.4 is 0 Å². The maximum atomic E-state index is 14.1. The van der Waals surface area contributed by atoms with Gasteiger partial charge in [-0.3, -0.25) is 0 Å². The van der Waals surface area contributed by atoms with Crippen LogP contribution in [0.3, 0.4) is 0 Å². The fourth-order valence-electron chi connectivity index (χ4n) is 2.05. The summed E-state index contributed by atoms with van der Waals surface area (Å²) in [6, 6.07) is 11.2. The molecule has 0 aliphatic rings. The Labute approximate surface area is 142 Å². The fourth-order valence-corrected chi connectivity index (χ4v) is 2.67. The van der Waals surface area contributed by atoms with Gasteiger partial charge in [0.15, 0.2) is 0 Å². The fraction of sp³-hybridized carbons (Fsp3) is 0.188. The molecule has 0 aromatic heterocycles. The van der Waals surface area contributed by atoms with Gasteiger partial charge in [0, 0.05) is 23.7 Å². The average molecular weight is 356 g/mol. The lowest BCUT2D eigenvalue weighted by Crippen LogP contribution is -2.19. The van der Waals surface area contributed by atoms with Crippen molar-refractivity contribution in [1.29, 1.82) is 0 Å². The van der Waals surface area contributed by atoms with E-state index in [0.29, 0.717) is 17.1 Å². The summed E-state index contributed by atoms with van der Waals surface area (Å²) in [5.41, 5.74) is 1.25. The molecule has 0 bridgehead atoms. The van der Waals surface area contributed by atoms with Gasteiger partial charge in [0.1, 0.15) is 5.82 Å².